The second-order valence-corrected chi connectivity index (χ2v) is 14.8. The van der Waals surface area contributed by atoms with Crippen LogP contribution >= 0.6 is 11.3 Å². The minimum atomic E-state index is -0.584. The zero-order valence-corrected chi connectivity index (χ0v) is 29.7. The molecule has 6 heterocycles. The first-order valence-corrected chi connectivity index (χ1v) is 18.2. The molecule has 5 aromatic rings. The van der Waals surface area contributed by atoms with E-state index in [4.69, 9.17) is 4.74 Å². The summed E-state index contributed by atoms with van der Waals surface area (Å²) in [6, 6.07) is 19.6. The Morgan fingerprint density at radius 2 is 1.69 bits per heavy atom. The van der Waals surface area contributed by atoms with E-state index in [0.29, 0.717) is 50.1 Å². The Labute approximate surface area is 304 Å². The maximum absolute atomic E-state index is 15.9. The zero-order chi connectivity index (χ0) is 36.0. The molecule has 2 fully saturated rings. The Morgan fingerprint density at radius 3 is 2.46 bits per heavy atom. The molecule has 0 saturated carbocycles. The van der Waals surface area contributed by atoms with Crippen LogP contribution in [0.5, 0.6) is 0 Å². The van der Waals surface area contributed by atoms with Crippen LogP contribution in [0.2, 0.25) is 0 Å². The molecule has 0 atom stereocenters. The van der Waals surface area contributed by atoms with E-state index >= 15 is 4.39 Å². The van der Waals surface area contributed by atoms with E-state index in [1.807, 2.05) is 50.2 Å². The summed E-state index contributed by atoms with van der Waals surface area (Å²) in [6.45, 7) is 7.20. The summed E-state index contributed by atoms with van der Waals surface area (Å²) in [5.41, 5.74) is 5.08. The molecule has 2 aromatic carbocycles. The van der Waals surface area contributed by atoms with Gasteiger partial charge in [-0.1, -0.05) is 24.3 Å². The van der Waals surface area contributed by atoms with Gasteiger partial charge in [-0.25, -0.2) is 14.4 Å². The number of aromatic nitrogens is 2. The lowest BCUT2D eigenvalue weighted by Gasteiger charge is -2.53. The molecule has 3 aromatic heterocycles. The fourth-order valence-electron chi connectivity index (χ4n) is 7.33. The number of anilines is 4. The average molecular weight is 717 g/mol. The standard InChI is InChI=1S/C40H37FN6O4S/c1-24-20-30(36(43-21-24)46-22-40(23-46)14-18-51-19-15-40)37(48)44-27-11-9-26(10-12-27)39(50)47-17-13-29-32(41)34(38(49)45-35-25(2)6-5-16-42-35)52-33(29)28-7-3-4-8-31(28)47/h3-12,16,20-21H,13-15,17-19,22-23H2,1-2H3,(H,44,48)(H,42,45,49). The van der Waals surface area contributed by atoms with Gasteiger partial charge in [-0.15, -0.1) is 11.3 Å². The largest absolute Gasteiger partial charge is 0.381 e. The topological polar surface area (TPSA) is 117 Å². The molecule has 2 N–H and O–H groups in total. The molecule has 3 amide bonds. The Morgan fingerprint density at radius 1 is 0.923 bits per heavy atom. The number of carbonyl (C=O) groups excluding carboxylic acids is 3. The van der Waals surface area contributed by atoms with Gasteiger partial charge < -0.3 is 25.2 Å². The van der Waals surface area contributed by atoms with Crippen molar-refractivity contribution in [3.8, 4) is 10.4 Å². The molecule has 0 bridgehead atoms. The number of nitrogens with one attached hydrogen (secondary N) is 2. The lowest BCUT2D eigenvalue weighted by atomic mass is 9.73. The van der Waals surface area contributed by atoms with E-state index in [1.165, 1.54) is 0 Å². The Hall–Kier alpha value is -5.46. The van der Waals surface area contributed by atoms with Gasteiger partial charge in [0.1, 0.15) is 16.5 Å². The first kappa shape index (κ1) is 33.7. The second-order valence-electron chi connectivity index (χ2n) is 13.8. The van der Waals surface area contributed by atoms with Crippen LogP contribution in [0.1, 0.15) is 59.9 Å². The van der Waals surface area contributed by atoms with Crippen LogP contribution in [-0.4, -0.2) is 60.5 Å². The number of benzene rings is 2. The number of pyridine rings is 2. The predicted molar refractivity (Wildman–Crippen MR) is 200 cm³/mol. The number of halogens is 1. The number of thiophene rings is 1. The molecular weight excluding hydrogens is 680 g/mol. The SMILES string of the molecule is Cc1cnc(N2CC3(CCOCC3)C2)c(C(=O)Nc2ccc(C(=O)N3CCc4c(sc(C(=O)Nc5ncccc5C)c4F)-c4ccccc43)cc2)c1. The van der Waals surface area contributed by atoms with Crippen molar-refractivity contribution in [3.63, 3.8) is 0 Å². The van der Waals surface area contributed by atoms with Crippen LogP contribution in [0.25, 0.3) is 10.4 Å². The van der Waals surface area contributed by atoms with Gasteiger partial charge in [-0.3, -0.25) is 14.4 Å². The van der Waals surface area contributed by atoms with E-state index in [9.17, 15) is 14.4 Å². The third kappa shape index (κ3) is 6.22. The third-order valence-corrected chi connectivity index (χ3v) is 11.4. The van der Waals surface area contributed by atoms with Gasteiger partial charge in [0.05, 0.1) is 11.3 Å². The van der Waals surface area contributed by atoms with Crippen molar-refractivity contribution in [3.05, 3.63) is 118 Å². The second kappa shape index (κ2) is 13.6. The van der Waals surface area contributed by atoms with Crippen LogP contribution in [-0.2, 0) is 11.2 Å². The summed E-state index contributed by atoms with van der Waals surface area (Å²) in [5.74, 6) is -0.614. The molecule has 1 spiro atoms. The summed E-state index contributed by atoms with van der Waals surface area (Å²) >= 11 is 1.08. The van der Waals surface area contributed by atoms with Gasteiger partial charge in [-0.2, -0.15) is 0 Å². The maximum Gasteiger partial charge on any atom is 0.269 e. The highest BCUT2D eigenvalue weighted by molar-refractivity contribution is 7.17. The average Bonchev–Trinajstić information content (AvgIpc) is 3.38. The van der Waals surface area contributed by atoms with Gasteiger partial charge in [-0.05, 0) is 86.7 Å². The lowest BCUT2D eigenvalue weighted by molar-refractivity contribution is -0.000511. The molecule has 8 rings (SSSR count). The molecule has 264 valence electrons. The smallest absolute Gasteiger partial charge is 0.269 e. The highest BCUT2D eigenvalue weighted by atomic mass is 32.1. The number of hydrogen-bond acceptors (Lipinski definition) is 8. The summed E-state index contributed by atoms with van der Waals surface area (Å²) in [6.07, 6.45) is 5.62. The molecule has 10 nitrogen and oxygen atoms in total. The highest BCUT2D eigenvalue weighted by Crippen LogP contribution is 2.44. The van der Waals surface area contributed by atoms with E-state index < -0.39 is 11.7 Å². The Bertz CT molecular complexity index is 2210. The van der Waals surface area contributed by atoms with Gasteiger partial charge in [0, 0.05) is 77.9 Å². The van der Waals surface area contributed by atoms with E-state index in [1.54, 1.807) is 47.6 Å². The van der Waals surface area contributed by atoms with E-state index in [2.05, 4.69) is 25.5 Å². The number of ether oxygens (including phenoxy) is 1. The van der Waals surface area contributed by atoms with Gasteiger partial charge in [0.2, 0.25) is 0 Å². The number of amides is 3. The summed E-state index contributed by atoms with van der Waals surface area (Å²) in [7, 11) is 0. The molecule has 12 heteroatoms. The Kier molecular flexibility index (Phi) is 8.80. The fraction of sp³-hybridized carbons (Fsp3) is 0.275. The van der Waals surface area contributed by atoms with Gasteiger partial charge in [0.25, 0.3) is 17.7 Å². The predicted octanol–water partition coefficient (Wildman–Crippen LogP) is 7.29. The molecule has 0 aliphatic carbocycles. The minimum absolute atomic E-state index is 0.0241. The number of carbonyl (C=O) groups is 3. The van der Waals surface area contributed by atoms with Crippen molar-refractivity contribution in [1.29, 1.82) is 0 Å². The van der Waals surface area contributed by atoms with Gasteiger partial charge in [0.15, 0.2) is 5.82 Å². The maximum atomic E-state index is 15.9. The summed E-state index contributed by atoms with van der Waals surface area (Å²) in [4.78, 5) is 54.1. The highest BCUT2D eigenvalue weighted by Gasteiger charge is 2.45. The van der Waals surface area contributed by atoms with Crippen molar-refractivity contribution in [1.82, 2.24) is 9.97 Å². The number of rotatable bonds is 6. The minimum Gasteiger partial charge on any atom is -0.381 e. The third-order valence-electron chi connectivity index (χ3n) is 10.2. The molecule has 3 aliphatic heterocycles. The van der Waals surface area contributed by atoms with E-state index in [-0.39, 0.29) is 35.1 Å². The van der Waals surface area contributed by atoms with Crippen LogP contribution < -0.4 is 20.4 Å². The summed E-state index contributed by atoms with van der Waals surface area (Å²) < 4.78 is 21.5. The molecule has 0 radical (unpaired) electrons. The molecule has 2 saturated heterocycles. The number of hydrogen-bond donors (Lipinski definition) is 2. The number of para-hydroxylation sites is 1. The number of fused-ring (bicyclic) bond motifs is 3. The van der Waals surface area contributed by atoms with Crippen molar-refractivity contribution >= 4 is 52.1 Å². The monoisotopic (exact) mass is 716 g/mol. The zero-order valence-electron chi connectivity index (χ0n) is 28.9. The number of aryl methyl sites for hydroxylation is 2. The van der Waals surface area contributed by atoms with Gasteiger partial charge >= 0.3 is 0 Å². The molecule has 0 unspecified atom stereocenters. The first-order chi connectivity index (χ1) is 25.2. The Balaban J connectivity index is 0.989. The van der Waals surface area contributed by atoms with Crippen LogP contribution in [0.15, 0.2) is 79.1 Å². The van der Waals surface area contributed by atoms with Crippen LogP contribution in [0, 0.1) is 25.1 Å². The van der Waals surface area contributed by atoms with Crippen molar-refractivity contribution in [2.24, 2.45) is 5.41 Å². The van der Waals surface area contributed by atoms with Crippen molar-refractivity contribution < 1.29 is 23.5 Å². The van der Waals surface area contributed by atoms with E-state index in [0.717, 1.165) is 61.6 Å². The van der Waals surface area contributed by atoms with Crippen molar-refractivity contribution in [2.45, 2.75) is 33.1 Å². The lowest BCUT2D eigenvalue weighted by Crippen LogP contribution is -2.59. The summed E-state index contributed by atoms with van der Waals surface area (Å²) in [5, 5.41) is 5.73. The molecule has 3 aliphatic rings. The number of nitrogens with zero attached hydrogens (tertiary/aromatic N) is 4. The normalized spacial score (nSPS) is 16.0. The van der Waals surface area contributed by atoms with Crippen LogP contribution in [0.3, 0.4) is 0 Å². The van der Waals surface area contributed by atoms with Crippen molar-refractivity contribution in [2.75, 3.05) is 53.3 Å². The molecule has 52 heavy (non-hydrogen) atoms. The first-order valence-electron chi connectivity index (χ1n) is 17.4. The van der Waals surface area contributed by atoms with Crippen LogP contribution in [0.4, 0.5) is 27.4 Å². The fourth-order valence-corrected chi connectivity index (χ4v) is 8.49. The quantitative estimate of drug-likeness (QED) is 0.190. The molecular formula is C40H37FN6O4S.